The molecule has 10 heteroatoms. The number of carbonyl (C=O) groups excluding carboxylic acids is 1. The molecule has 1 aliphatic heterocycles. The smallest absolute Gasteiger partial charge is 0.266 e. The zero-order valence-electron chi connectivity index (χ0n) is 12.8. The molecule has 3 rings (SSSR count). The lowest BCUT2D eigenvalue weighted by Gasteiger charge is -2.09. The number of sulfone groups is 1. The van der Waals surface area contributed by atoms with Crippen LogP contribution in [0, 0.1) is 6.92 Å². The summed E-state index contributed by atoms with van der Waals surface area (Å²) in [6.07, 6.45) is 1.92. The Balaban J connectivity index is 1.75. The summed E-state index contributed by atoms with van der Waals surface area (Å²) in [5.41, 5.74) is 3.62. The van der Waals surface area contributed by atoms with Crippen molar-refractivity contribution in [2.75, 3.05) is 11.5 Å². The fourth-order valence-corrected chi connectivity index (χ4v) is 5.17. The Hall–Kier alpha value is -1.71. The monoisotopic (exact) mass is 386 g/mol. The third kappa shape index (κ3) is 3.52. The van der Waals surface area contributed by atoms with Crippen LogP contribution in [-0.2, 0) is 9.84 Å². The summed E-state index contributed by atoms with van der Waals surface area (Å²) in [6, 6.07) is 3.22. The Morgan fingerprint density at radius 1 is 1.58 bits per heavy atom. The third-order valence-corrected chi connectivity index (χ3v) is 6.73. The number of thiophene rings is 1. The number of amides is 1. The Kier molecular flexibility index (Phi) is 4.75. The maximum atomic E-state index is 11.8. The van der Waals surface area contributed by atoms with Crippen LogP contribution in [0.1, 0.15) is 33.4 Å². The van der Waals surface area contributed by atoms with Gasteiger partial charge in [-0.15, -0.1) is 11.3 Å². The first-order chi connectivity index (χ1) is 11.4. The number of nitrogens with zero attached hydrogens (tertiary/aromatic N) is 3. The quantitative estimate of drug-likeness (QED) is 0.642. The van der Waals surface area contributed by atoms with Crippen LogP contribution >= 0.6 is 22.9 Å². The van der Waals surface area contributed by atoms with Gasteiger partial charge in [-0.2, -0.15) is 10.2 Å². The molecule has 0 radical (unpaired) electrons. The van der Waals surface area contributed by atoms with E-state index in [1.54, 1.807) is 24.4 Å². The molecule has 1 amide bonds. The molecule has 1 fully saturated rings. The minimum Gasteiger partial charge on any atom is -0.266 e. The summed E-state index contributed by atoms with van der Waals surface area (Å²) in [7, 11) is -3.03. The lowest BCUT2D eigenvalue weighted by Crippen LogP contribution is -2.16. The molecule has 2 aromatic heterocycles. The third-order valence-electron chi connectivity index (χ3n) is 3.73. The highest BCUT2D eigenvalue weighted by Gasteiger charge is 2.31. The molecule has 1 N–H and O–H groups in total. The van der Waals surface area contributed by atoms with E-state index in [2.05, 4.69) is 15.6 Å². The van der Waals surface area contributed by atoms with Gasteiger partial charge >= 0.3 is 0 Å². The van der Waals surface area contributed by atoms with Crippen molar-refractivity contribution in [3.05, 3.63) is 38.8 Å². The van der Waals surface area contributed by atoms with Crippen LogP contribution in [0.2, 0.25) is 5.15 Å². The van der Waals surface area contributed by atoms with Crippen molar-refractivity contribution in [2.24, 2.45) is 5.10 Å². The predicted octanol–water partition coefficient (Wildman–Crippen LogP) is 2.03. The minimum absolute atomic E-state index is 0.0412. The van der Waals surface area contributed by atoms with E-state index in [0.29, 0.717) is 27.7 Å². The van der Waals surface area contributed by atoms with Crippen molar-refractivity contribution in [2.45, 2.75) is 19.4 Å². The number of aryl methyl sites for hydroxylation is 1. The van der Waals surface area contributed by atoms with Crippen molar-refractivity contribution < 1.29 is 13.2 Å². The van der Waals surface area contributed by atoms with Crippen LogP contribution in [0.3, 0.4) is 0 Å². The fourth-order valence-electron chi connectivity index (χ4n) is 2.51. The molecule has 0 bridgehead atoms. The van der Waals surface area contributed by atoms with E-state index in [9.17, 15) is 13.2 Å². The second kappa shape index (κ2) is 6.66. The highest BCUT2D eigenvalue weighted by molar-refractivity contribution is 7.91. The predicted molar refractivity (Wildman–Crippen MR) is 93.7 cm³/mol. The molecule has 24 heavy (non-hydrogen) atoms. The number of hydrogen-bond donors (Lipinski definition) is 1. The van der Waals surface area contributed by atoms with Crippen LogP contribution in [-0.4, -0.2) is 41.8 Å². The number of nitrogens with one attached hydrogen (secondary N) is 1. The molecule has 0 spiro atoms. The number of rotatable bonds is 4. The standard InChI is InChI=1S/C14H15ClN4O3S2/c1-9-11(7-16-17-14(20)12-3-2-5-23-12)13(15)19(18-9)10-4-6-24(21,22)8-10/h2-3,5,7,10H,4,6,8H2,1H3,(H,17,20)/b16-7-/t10-/m0/s1. The van der Waals surface area contributed by atoms with Gasteiger partial charge in [-0.25, -0.2) is 18.5 Å². The van der Waals surface area contributed by atoms with E-state index in [1.807, 2.05) is 0 Å². The normalized spacial score (nSPS) is 19.8. The first-order valence-electron chi connectivity index (χ1n) is 7.19. The molecule has 3 heterocycles. The Labute approximate surface area is 148 Å². The number of hydrogen-bond acceptors (Lipinski definition) is 6. The van der Waals surface area contributed by atoms with E-state index in [4.69, 9.17) is 11.6 Å². The Morgan fingerprint density at radius 2 is 2.38 bits per heavy atom. The van der Waals surface area contributed by atoms with Crippen molar-refractivity contribution in [3.8, 4) is 0 Å². The van der Waals surface area contributed by atoms with Crippen molar-refractivity contribution in [1.29, 1.82) is 0 Å². The van der Waals surface area contributed by atoms with Gasteiger partial charge < -0.3 is 0 Å². The van der Waals surface area contributed by atoms with Gasteiger partial charge in [0.2, 0.25) is 0 Å². The van der Waals surface area contributed by atoms with Gasteiger partial charge in [0.1, 0.15) is 5.15 Å². The molecular formula is C14H15ClN4O3S2. The topological polar surface area (TPSA) is 93.4 Å². The van der Waals surface area contributed by atoms with E-state index in [0.717, 1.165) is 0 Å². The molecule has 2 aromatic rings. The first kappa shape index (κ1) is 17.1. The van der Waals surface area contributed by atoms with Crippen LogP contribution in [0.4, 0.5) is 0 Å². The summed E-state index contributed by atoms with van der Waals surface area (Å²) in [4.78, 5) is 12.4. The lowest BCUT2D eigenvalue weighted by molar-refractivity contribution is 0.0959. The van der Waals surface area contributed by atoms with Gasteiger partial charge in [-0.1, -0.05) is 17.7 Å². The molecule has 0 unspecified atom stereocenters. The number of aromatic nitrogens is 2. The van der Waals surface area contributed by atoms with Gasteiger partial charge in [-0.05, 0) is 24.8 Å². The van der Waals surface area contributed by atoms with Crippen LogP contribution in [0.15, 0.2) is 22.6 Å². The fraction of sp³-hybridized carbons (Fsp3) is 0.357. The van der Waals surface area contributed by atoms with Gasteiger partial charge in [-0.3, -0.25) is 4.79 Å². The average molecular weight is 387 g/mol. The zero-order chi connectivity index (χ0) is 17.3. The molecular weight excluding hydrogens is 372 g/mol. The van der Waals surface area contributed by atoms with E-state index >= 15 is 0 Å². The van der Waals surface area contributed by atoms with E-state index < -0.39 is 9.84 Å². The first-order valence-corrected chi connectivity index (χ1v) is 10.3. The van der Waals surface area contributed by atoms with Crippen LogP contribution < -0.4 is 5.43 Å². The molecule has 0 aliphatic carbocycles. The molecule has 1 saturated heterocycles. The summed E-state index contributed by atoms with van der Waals surface area (Å²) < 4.78 is 24.8. The Bertz CT molecular complexity index is 888. The number of hydrazone groups is 1. The van der Waals surface area contributed by atoms with Crippen LogP contribution in [0.25, 0.3) is 0 Å². The van der Waals surface area contributed by atoms with E-state index in [1.165, 1.54) is 22.2 Å². The number of halogens is 1. The van der Waals surface area contributed by atoms with Crippen molar-refractivity contribution in [1.82, 2.24) is 15.2 Å². The van der Waals surface area contributed by atoms with Crippen molar-refractivity contribution >= 4 is 44.9 Å². The molecule has 7 nitrogen and oxygen atoms in total. The zero-order valence-corrected chi connectivity index (χ0v) is 15.2. The summed E-state index contributed by atoms with van der Waals surface area (Å²) >= 11 is 7.64. The van der Waals surface area contributed by atoms with Gasteiger partial charge in [0.05, 0.1) is 39.9 Å². The number of carbonyl (C=O) groups is 1. The van der Waals surface area contributed by atoms with Gasteiger partial charge in [0.15, 0.2) is 9.84 Å². The molecule has 1 atom stereocenters. The largest absolute Gasteiger partial charge is 0.281 e. The maximum absolute atomic E-state index is 11.8. The average Bonchev–Trinajstić information content (AvgIpc) is 3.22. The lowest BCUT2D eigenvalue weighted by atomic mass is 10.2. The second-order valence-corrected chi connectivity index (χ2v) is 9.00. The highest BCUT2D eigenvalue weighted by Crippen LogP contribution is 2.29. The molecule has 0 saturated carbocycles. The van der Waals surface area contributed by atoms with E-state index in [-0.39, 0.29) is 23.5 Å². The Morgan fingerprint density at radius 3 is 3.00 bits per heavy atom. The minimum atomic E-state index is -3.03. The van der Waals surface area contributed by atoms with Crippen molar-refractivity contribution in [3.63, 3.8) is 0 Å². The maximum Gasteiger partial charge on any atom is 0.281 e. The van der Waals surface area contributed by atoms with Gasteiger partial charge in [0, 0.05) is 0 Å². The molecule has 1 aliphatic rings. The highest BCUT2D eigenvalue weighted by atomic mass is 35.5. The van der Waals surface area contributed by atoms with Gasteiger partial charge in [0.25, 0.3) is 5.91 Å². The van der Waals surface area contributed by atoms with Crippen LogP contribution in [0.5, 0.6) is 0 Å². The molecule has 0 aromatic carbocycles. The summed E-state index contributed by atoms with van der Waals surface area (Å²) in [5.74, 6) is -0.114. The molecule has 128 valence electrons. The SMILES string of the molecule is Cc1nn([C@H]2CCS(=O)(=O)C2)c(Cl)c1/C=N\NC(=O)c1cccs1. The summed E-state index contributed by atoms with van der Waals surface area (Å²) in [6.45, 7) is 1.76. The second-order valence-electron chi connectivity index (χ2n) is 5.47. The summed E-state index contributed by atoms with van der Waals surface area (Å²) in [5, 5.41) is 10.4.